The van der Waals surface area contributed by atoms with Crippen molar-refractivity contribution in [3.63, 3.8) is 0 Å². The van der Waals surface area contributed by atoms with Crippen molar-refractivity contribution < 1.29 is 8.91 Å². The SMILES string of the molecule is Fc1cccc(CC2CCN(Cc3nc(-c4ccsc4)no3)CC2)c1. The third kappa shape index (κ3) is 4.14. The molecule has 0 N–H and O–H groups in total. The highest BCUT2D eigenvalue weighted by molar-refractivity contribution is 7.08. The maximum absolute atomic E-state index is 13.3. The van der Waals surface area contributed by atoms with Gasteiger partial charge in [0.05, 0.1) is 6.54 Å². The number of benzene rings is 1. The fourth-order valence-electron chi connectivity index (χ4n) is 3.37. The van der Waals surface area contributed by atoms with Gasteiger partial charge in [-0.25, -0.2) is 4.39 Å². The molecule has 1 saturated heterocycles. The first-order chi connectivity index (χ1) is 12.3. The molecule has 130 valence electrons. The Morgan fingerprint density at radius 2 is 2.12 bits per heavy atom. The van der Waals surface area contributed by atoms with E-state index in [4.69, 9.17) is 4.52 Å². The molecule has 3 heterocycles. The van der Waals surface area contributed by atoms with E-state index in [2.05, 4.69) is 15.0 Å². The average Bonchev–Trinajstić information content (AvgIpc) is 3.28. The van der Waals surface area contributed by atoms with Gasteiger partial charge in [0.2, 0.25) is 11.7 Å². The monoisotopic (exact) mass is 357 g/mol. The maximum Gasteiger partial charge on any atom is 0.241 e. The normalized spacial score (nSPS) is 16.4. The van der Waals surface area contributed by atoms with E-state index < -0.39 is 0 Å². The Hall–Kier alpha value is -2.05. The molecule has 4 nitrogen and oxygen atoms in total. The molecule has 1 fully saturated rings. The van der Waals surface area contributed by atoms with Crippen molar-refractivity contribution in [3.8, 4) is 11.4 Å². The lowest BCUT2D eigenvalue weighted by Gasteiger charge is -2.31. The smallest absolute Gasteiger partial charge is 0.241 e. The summed E-state index contributed by atoms with van der Waals surface area (Å²) < 4.78 is 18.7. The van der Waals surface area contributed by atoms with Gasteiger partial charge >= 0.3 is 0 Å². The Labute approximate surface area is 150 Å². The van der Waals surface area contributed by atoms with Gasteiger partial charge in [-0.15, -0.1) is 0 Å². The second kappa shape index (κ2) is 7.45. The van der Waals surface area contributed by atoms with Crippen LogP contribution in [-0.2, 0) is 13.0 Å². The molecular formula is C19H20FN3OS. The van der Waals surface area contributed by atoms with E-state index in [1.54, 1.807) is 23.5 Å². The summed E-state index contributed by atoms with van der Waals surface area (Å²) in [6.45, 7) is 2.72. The van der Waals surface area contributed by atoms with Crippen LogP contribution in [0.4, 0.5) is 4.39 Å². The van der Waals surface area contributed by atoms with Gasteiger partial charge in [0, 0.05) is 10.9 Å². The van der Waals surface area contributed by atoms with Crippen molar-refractivity contribution in [3.05, 3.63) is 58.4 Å². The van der Waals surface area contributed by atoms with Crippen LogP contribution in [0.5, 0.6) is 0 Å². The van der Waals surface area contributed by atoms with Crippen LogP contribution in [-0.4, -0.2) is 28.1 Å². The van der Waals surface area contributed by atoms with E-state index in [-0.39, 0.29) is 5.82 Å². The van der Waals surface area contributed by atoms with Crippen LogP contribution in [0.2, 0.25) is 0 Å². The summed E-state index contributed by atoms with van der Waals surface area (Å²) in [7, 11) is 0. The molecule has 0 amide bonds. The molecule has 0 atom stereocenters. The second-order valence-corrected chi connectivity index (χ2v) is 7.36. The summed E-state index contributed by atoms with van der Waals surface area (Å²) in [4.78, 5) is 6.84. The highest BCUT2D eigenvalue weighted by Gasteiger charge is 2.21. The Morgan fingerprint density at radius 3 is 2.88 bits per heavy atom. The van der Waals surface area contributed by atoms with Crippen LogP contribution in [0.3, 0.4) is 0 Å². The van der Waals surface area contributed by atoms with Gasteiger partial charge in [-0.2, -0.15) is 16.3 Å². The zero-order chi connectivity index (χ0) is 17.1. The number of likely N-dealkylation sites (tertiary alicyclic amines) is 1. The third-order valence-corrected chi connectivity index (χ3v) is 5.41. The van der Waals surface area contributed by atoms with Gasteiger partial charge in [-0.1, -0.05) is 17.3 Å². The minimum Gasteiger partial charge on any atom is -0.338 e. The number of piperidine rings is 1. The Kier molecular flexibility index (Phi) is 4.90. The fourth-order valence-corrected chi connectivity index (χ4v) is 4.00. The van der Waals surface area contributed by atoms with Crippen LogP contribution in [0.15, 0.2) is 45.6 Å². The van der Waals surface area contributed by atoms with Crippen molar-refractivity contribution in [2.24, 2.45) is 5.92 Å². The summed E-state index contributed by atoms with van der Waals surface area (Å²) in [6.07, 6.45) is 3.18. The van der Waals surface area contributed by atoms with Gasteiger partial charge in [-0.05, 0) is 67.4 Å². The highest BCUT2D eigenvalue weighted by atomic mass is 32.1. The molecule has 0 spiro atoms. The molecule has 6 heteroatoms. The first-order valence-corrected chi connectivity index (χ1v) is 9.52. The number of rotatable bonds is 5. The molecule has 0 saturated carbocycles. The van der Waals surface area contributed by atoms with Crippen LogP contribution >= 0.6 is 11.3 Å². The predicted molar refractivity (Wildman–Crippen MR) is 95.7 cm³/mol. The van der Waals surface area contributed by atoms with E-state index >= 15 is 0 Å². The maximum atomic E-state index is 13.3. The van der Waals surface area contributed by atoms with Crippen LogP contribution < -0.4 is 0 Å². The standard InChI is InChI=1S/C19H20FN3OS/c20-17-3-1-2-15(11-17)10-14-4-7-23(8-5-14)12-18-21-19(22-24-18)16-6-9-25-13-16/h1-3,6,9,11,13-14H,4-5,7-8,10,12H2. The Bertz CT molecular complexity index is 810. The molecule has 25 heavy (non-hydrogen) atoms. The zero-order valence-corrected chi connectivity index (χ0v) is 14.7. The topological polar surface area (TPSA) is 42.2 Å². The lowest BCUT2D eigenvalue weighted by Crippen LogP contribution is -2.34. The van der Waals surface area contributed by atoms with Crippen molar-refractivity contribution in [2.45, 2.75) is 25.8 Å². The van der Waals surface area contributed by atoms with Crippen LogP contribution in [0, 0.1) is 11.7 Å². The van der Waals surface area contributed by atoms with Gasteiger partial charge < -0.3 is 4.52 Å². The predicted octanol–water partition coefficient (Wildman–Crippen LogP) is 4.39. The first kappa shape index (κ1) is 16.4. The molecule has 0 radical (unpaired) electrons. The molecular weight excluding hydrogens is 337 g/mol. The molecule has 0 unspecified atom stereocenters. The average molecular weight is 357 g/mol. The zero-order valence-electron chi connectivity index (χ0n) is 13.9. The van der Waals surface area contributed by atoms with E-state index in [1.807, 2.05) is 22.9 Å². The second-order valence-electron chi connectivity index (χ2n) is 6.58. The minimum atomic E-state index is -0.146. The third-order valence-electron chi connectivity index (χ3n) is 4.73. The lowest BCUT2D eigenvalue weighted by atomic mass is 9.90. The highest BCUT2D eigenvalue weighted by Crippen LogP contribution is 2.24. The molecule has 0 bridgehead atoms. The van der Waals surface area contributed by atoms with Gasteiger partial charge in [0.25, 0.3) is 0 Å². The number of aromatic nitrogens is 2. The van der Waals surface area contributed by atoms with E-state index in [0.717, 1.165) is 43.5 Å². The minimum absolute atomic E-state index is 0.146. The number of hydrogen-bond acceptors (Lipinski definition) is 5. The van der Waals surface area contributed by atoms with Crippen LogP contribution in [0.25, 0.3) is 11.4 Å². The fraction of sp³-hybridized carbons (Fsp3) is 0.368. The van der Waals surface area contributed by atoms with Crippen molar-refractivity contribution in [1.82, 2.24) is 15.0 Å². The van der Waals surface area contributed by atoms with Crippen molar-refractivity contribution >= 4 is 11.3 Å². The van der Waals surface area contributed by atoms with Crippen LogP contribution in [0.1, 0.15) is 24.3 Å². The van der Waals surface area contributed by atoms with Crippen molar-refractivity contribution in [2.75, 3.05) is 13.1 Å². The molecule has 4 rings (SSSR count). The first-order valence-electron chi connectivity index (χ1n) is 8.58. The van der Waals surface area contributed by atoms with Crippen molar-refractivity contribution in [1.29, 1.82) is 0 Å². The summed E-state index contributed by atoms with van der Waals surface area (Å²) in [5.41, 5.74) is 2.10. The lowest BCUT2D eigenvalue weighted by molar-refractivity contribution is 0.159. The molecule has 1 aromatic carbocycles. The summed E-state index contributed by atoms with van der Waals surface area (Å²) in [6, 6.07) is 8.95. The van der Waals surface area contributed by atoms with Gasteiger partial charge in [-0.3, -0.25) is 4.90 Å². The summed E-state index contributed by atoms with van der Waals surface area (Å²) in [5.74, 6) is 1.80. The van der Waals surface area contributed by atoms with Gasteiger partial charge in [0.15, 0.2) is 0 Å². The summed E-state index contributed by atoms with van der Waals surface area (Å²) in [5, 5.41) is 8.09. The number of nitrogens with zero attached hydrogens (tertiary/aromatic N) is 3. The molecule has 2 aromatic heterocycles. The number of thiophene rings is 1. The molecule has 1 aliphatic rings. The Balaban J connectivity index is 1.29. The Morgan fingerprint density at radius 1 is 1.24 bits per heavy atom. The largest absolute Gasteiger partial charge is 0.338 e. The molecule has 0 aliphatic carbocycles. The summed E-state index contributed by atoms with van der Waals surface area (Å²) >= 11 is 1.63. The van der Waals surface area contributed by atoms with E-state index in [1.165, 1.54) is 6.07 Å². The number of halogens is 1. The number of hydrogen-bond donors (Lipinski definition) is 0. The molecule has 1 aliphatic heterocycles. The van der Waals surface area contributed by atoms with E-state index in [0.29, 0.717) is 24.2 Å². The molecule has 3 aromatic rings. The van der Waals surface area contributed by atoms with E-state index in [9.17, 15) is 4.39 Å². The quantitative estimate of drug-likeness (QED) is 0.679. The van der Waals surface area contributed by atoms with Gasteiger partial charge in [0.1, 0.15) is 5.82 Å².